The number of nitrogen functional groups attached to an aromatic ring is 1. The molecule has 1 rings (SSSR count). The van der Waals surface area contributed by atoms with Gasteiger partial charge in [0.25, 0.3) is 0 Å². The van der Waals surface area contributed by atoms with Crippen molar-refractivity contribution in [2.45, 2.75) is 19.9 Å². The highest BCUT2D eigenvalue weighted by Crippen LogP contribution is 2.16. The SMILES string of the molecule is CC(C)C(CO)Nc1ncccc1N. The highest BCUT2D eigenvalue weighted by atomic mass is 16.3. The van der Waals surface area contributed by atoms with Crippen LogP contribution in [0.4, 0.5) is 11.5 Å². The molecule has 0 spiro atoms. The largest absolute Gasteiger partial charge is 0.396 e. The third kappa shape index (κ3) is 2.60. The van der Waals surface area contributed by atoms with E-state index in [4.69, 9.17) is 10.8 Å². The summed E-state index contributed by atoms with van der Waals surface area (Å²) in [7, 11) is 0. The average Bonchev–Trinajstić information content (AvgIpc) is 2.16. The topological polar surface area (TPSA) is 71.2 Å². The van der Waals surface area contributed by atoms with E-state index in [0.29, 0.717) is 17.4 Å². The lowest BCUT2D eigenvalue weighted by atomic mass is 10.1. The summed E-state index contributed by atoms with van der Waals surface area (Å²) in [5.41, 5.74) is 6.32. The van der Waals surface area contributed by atoms with Crippen molar-refractivity contribution in [2.24, 2.45) is 5.92 Å². The molecule has 0 aliphatic carbocycles. The van der Waals surface area contributed by atoms with E-state index >= 15 is 0 Å². The third-order valence-corrected chi connectivity index (χ3v) is 2.16. The molecule has 1 aromatic heterocycles. The number of nitrogens with zero attached hydrogens (tertiary/aromatic N) is 1. The Kier molecular flexibility index (Phi) is 3.71. The van der Waals surface area contributed by atoms with E-state index in [-0.39, 0.29) is 12.6 Å². The van der Waals surface area contributed by atoms with Gasteiger partial charge in [-0.1, -0.05) is 13.8 Å². The molecule has 4 heteroatoms. The normalized spacial score (nSPS) is 12.9. The van der Waals surface area contributed by atoms with Crippen molar-refractivity contribution in [1.82, 2.24) is 4.98 Å². The molecule has 1 heterocycles. The molecule has 0 saturated heterocycles. The monoisotopic (exact) mass is 195 g/mol. The van der Waals surface area contributed by atoms with E-state index in [1.807, 2.05) is 13.8 Å². The summed E-state index contributed by atoms with van der Waals surface area (Å²) >= 11 is 0. The van der Waals surface area contributed by atoms with Crippen molar-refractivity contribution in [2.75, 3.05) is 17.7 Å². The van der Waals surface area contributed by atoms with E-state index < -0.39 is 0 Å². The van der Waals surface area contributed by atoms with Crippen molar-refractivity contribution in [3.63, 3.8) is 0 Å². The summed E-state index contributed by atoms with van der Waals surface area (Å²) in [6.45, 7) is 4.15. The van der Waals surface area contributed by atoms with E-state index in [1.165, 1.54) is 0 Å². The summed E-state index contributed by atoms with van der Waals surface area (Å²) < 4.78 is 0. The van der Waals surface area contributed by atoms with Crippen molar-refractivity contribution in [1.29, 1.82) is 0 Å². The fourth-order valence-electron chi connectivity index (χ4n) is 1.14. The molecule has 0 bridgehead atoms. The van der Waals surface area contributed by atoms with Crippen molar-refractivity contribution < 1.29 is 5.11 Å². The summed E-state index contributed by atoms with van der Waals surface area (Å²) in [6.07, 6.45) is 1.67. The fraction of sp³-hybridized carbons (Fsp3) is 0.500. The quantitative estimate of drug-likeness (QED) is 0.672. The molecule has 0 aliphatic heterocycles. The van der Waals surface area contributed by atoms with Crippen LogP contribution < -0.4 is 11.1 Å². The molecule has 4 N–H and O–H groups in total. The van der Waals surface area contributed by atoms with Gasteiger partial charge in [-0.15, -0.1) is 0 Å². The van der Waals surface area contributed by atoms with Crippen LogP contribution in [-0.4, -0.2) is 22.7 Å². The van der Waals surface area contributed by atoms with Gasteiger partial charge in [-0.2, -0.15) is 0 Å². The summed E-state index contributed by atoms with van der Waals surface area (Å²) in [5.74, 6) is 0.974. The van der Waals surface area contributed by atoms with Gasteiger partial charge < -0.3 is 16.2 Å². The molecule has 4 nitrogen and oxygen atoms in total. The minimum atomic E-state index is -0.00722. The van der Waals surface area contributed by atoms with Crippen LogP contribution in [0, 0.1) is 5.92 Å². The minimum absolute atomic E-state index is 0.00722. The van der Waals surface area contributed by atoms with Gasteiger partial charge in [0.05, 0.1) is 18.3 Å². The fourth-order valence-corrected chi connectivity index (χ4v) is 1.14. The van der Waals surface area contributed by atoms with Gasteiger partial charge in [-0.3, -0.25) is 0 Å². The molecule has 0 fully saturated rings. The second kappa shape index (κ2) is 4.81. The molecule has 1 atom stereocenters. The second-order valence-electron chi connectivity index (χ2n) is 3.62. The molecule has 1 aromatic rings. The maximum atomic E-state index is 9.12. The standard InChI is InChI=1S/C10H17N3O/c1-7(2)9(6-14)13-10-8(11)4-3-5-12-10/h3-5,7,9,14H,6,11H2,1-2H3,(H,12,13). The zero-order valence-corrected chi connectivity index (χ0v) is 8.57. The summed E-state index contributed by atoms with van der Waals surface area (Å²) in [5, 5.41) is 12.2. The number of rotatable bonds is 4. The van der Waals surface area contributed by atoms with Crippen LogP contribution in [0.2, 0.25) is 0 Å². The Morgan fingerprint density at radius 2 is 2.29 bits per heavy atom. The van der Waals surface area contributed by atoms with E-state index in [9.17, 15) is 0 Å². The first-order chi connectivity index (χ1) is 6.65. The van der Waals surface area contributed by atoms with Gasteiger partial charge in [0, 0.05) is 6.20 Å². The Hall–Kier alpha value is -1.29. The molecule has 78 valence electrons. The lowest BCUT2D eigenvalue weighted by Gasteiger charge is -2.21. The zero-order chi connectivity index (χ0) is 10.6. The molecular formula is C10H17N3O. The van der Waals surface area contributed by atoms with Crippen LogP contribution in [0.5, 0.6) is 0 Å². The van der Waals surface area contributed by atoms with Crippen LogP contribution >= 0.6 is 0 Å². The number of hydrogen-bond donors (Lipinski definition) is 3. The van der Waals surface area contributed by atoms with Gasteiger partial charge in [0.1, 0.15) is 5.82 Å². The number of aromatic nitrogens is 1. The van der Waals surface area contributed by atoms with Crippen molar-refractivity contribution in [3.05, 3.63) is 18.3 Å². The Labute approximate surface area is 84.2 Å². The molecule has 0 amide bonds. The smallest absolute Gasteiger partial charge is 0.149 e. The highest BCUT2D eigenvalue weighted by molar-refractivity contribution is 5.60. The molecule has 0 radical (unpaired) electrons. The molecule has 1 unspecified atom stereocenters. The van der Waals surface area contributed by atoms with Crippen LogP contribution in [0.25, 0.3) is 0 Å². The Bertz CT molecular complexity index is 288. The Morgan fingerprint density at radius 3 is 2.79 bits per heavy atom. The Balaban J connectivity index is 2.72. The molecule has 0 saturated carbocycles. The average molecular weight is 195 g/mol. The summed E-state index contributed by atoms with van der Waals surface area (Å²) in [6, 6.07) is 3.56. The first kappa shape index (κ1) is 10.8. The predicted octanol–water partition coefficient (Wildman–Crippen LogP) is 1.09. The summed E-state index contributed by atoms with van der Waals surface area (Å²) in [4.78, 5) is 4.10. The minimum Gasteiger partial charge on any atom is -0.396 e. The number of nitrogens with two attached hydrogens (primary N) is 1. The number of aliphatic hydroxyl groups excluding tert-OH is 1. The number of nitrogens with one attached hydrogen (secondary N) is 1. The van der Waals surface area contributed by atoms with Crippen LogP contribution in [0.3, 0.4) is 0 Å². The molecule has 0 aromatic carbocycles. The molecular weight excluding hydrogens is 178 g/mol. The number of anilines is 2. The second-order valence-corrected chi connectivity index (χ2v) is 3.62. The zero-order valence-electron chi connectivity index (χ0n) is 8.57. The van der Waals surface area contributed by atoms with E-state index in [1.54, 1.807) is 18.3 Å². The van der Waals surface area contributed by atoms with Crippen LogP contribution in [-0.2, 0) is 0 Å². The lowest BCUT2D eigenvalue weighted by Crippen LogP contribution is -2.30. The maximum Gasteiger partial charge on any atom is 0.149 e. The van der Waals surface area contributed by atoms with E-state index in [0.717, 1.165) is 0 Å². The van der Waals surface area contributed by atoms with E-state index in [2.05, 4.69) is 10.3 Å². The number of aliphatic hydroxyl groups is 1. The molecule has 0 aliphatic rings. The van der Waals surface area contributed by atoms with Crippen LogP contribution in [0.15, 0.2) is 18.3 Å². The van der Waals surface area contributed by atoms with Crippen LogP contribution in [0.1, 0.15) is 13.8 Å². The first-order valence-electron chi connectivity index (χ1n) is 4.73. The Morgan fingerprint density at radius 1 is 1.57 bits per heavy atom. The van der Waals surface area contributed by atoms with Gasteiger partial charge in [-0.25, -0.2) is 4.98 Å². The van der Waals surface area contributed by atoms with Gasteiger partial charge in [-0.05, 0) is 18.1 Å². The highest BCUT2D eigenvalue weighted by Gasteiger charge is 2.13. The first-order valence-corrected chi connectivity index (χ1v) is 4.73. The van der Waals surface area contributed by atoms with Gasteiger partial charge >= 0.3 is 0 Å². The van der Waals surface area contributed by atoms with Gasteiger partial charge in [0.15, 0.2) is 0 Å². The maximum absolute atomic E-state index is 9.12. The van der Waals surface area contributed by atoms with Crippen molar-refractivity contribution >= 4 is 11.5 Å². The lowest BCUT2D eigenvalue weighted by molar-refractivity contribution is 0.249. The number of pyridine rings is 1. The number of hydrogen-bond acceptors (Lipinski definition) is 4. The van der Waals surface area contributed by atoms with Gasteiger partial charge in [0.2, 0.25) is 0 Å². The third-order valence-electron chi connectivity index (χ3n) is 2.16. The molecule has 14 heavy (non-hydrogen) atoms. The predicted molar refractivity (Wildman–Crippen MR) is 58.0 cm³/mol. The van der Waals surface area contributed by atoms with Crippen molar-refractivity contribution in [3.8, 4) is 0 Å².